The van der Waals surface area contributed by atoms with Crippen LogP contribution >= 0.6 is 0 Å². The van der Waals surface area contributed by atoms with Crippen LogP contribution in [0.2, 0.25) is 0 Å². The van der Waals surface area contributed by atoms with Crippen molar-refractivity contribution in [3.63, 3.8) is 0 Å². The number of carbonyl (C=O) groups excluding carboxylic acids is 1. The smallest absolute Gasteiger partial charge is 0.347 e. The Morgan fingerprint density at radius 2 is 1.95 bits per heavy atom. The standard InChI is InChI=1S/C15H8N2O3/c18-9-16-11-5-3-4-10(8-11)14-17-13-7-2-1-6-12(13)15(19)20-14/h1-8H. The van der Waals surface area contributed by atoms with E-state index < -0.39 is 5.63 Å². The Labute approximate surface area is 113 Å². The SMILES string of the molecule is O=C=Nc1cccc(-c2nc3ccccc3c(=O)o2)c1. The highest BCUT2D eigenvalue weighted by Crippen LogP contribution is 2.22. The first kappa shape index (κ1) is 12.0. The fourth-order valence-corrected chi connectivity index (χ4v) is 1.90. The number of para-hydroxylation sites is 1. The van der Waals surface area contributed by atoms with Crippen LogP contribution in [0.25, 0.3) is 22.4 Å². The molecule has 96 valence electrons. The number of fused-ring (bicyclic) bond motifs is 1. The summed E-state index contributed by atoms with van der Waals surface area (Å²) in [6.45, 7) is 0. The normalized spacial score (nSPS) is 10.2. The van der Waals surface area contributed by atoms with Crippen molar-refractivity contribution in [3.05, 3.63) is 59.0 Å². The molecule has 20 heavy (non-hydrogen) atoms. The van der Waals surface area contributed by atoms with Gasteiger partial charge in [-0.1, -0.05) is 18.2 Å². The molecule has 2 aromatic carbocycles. The van der Waals surface area contributed by atoms with Crippen LogP contribution < -0.4 is 5.63 Å². The topological polar surface area (TPSA) is 72.5 Å². The summed E-state index contributed by atoms with van der Waals surface area (Å²) in [5.41, 5.74) is 1.11. The van der Waals surface area contributed by atoms with E-state index in [1.807, 2.05) is 0 Å². The molecule has 0 aliphatic carbocycles. The second-order valence-electron chi connectivity index (χ2n) is 4.08. The number of nitrogens with zero attached hydrogens (tertiary/aromatic N) is 2. The van der Waals surface area contributed by atoms with Crippen molar-refractivity contribution in [1.82, 2.24) is 4.98 Å². The zero-order valence-corrected chi connectivity index (χ0v) is 10.2. The van der Waals surface area contributed by atoms with E-state index in [4.69, 9.17) is 4.42 Å². The lowest BCUT2D eigenvalue weighted by molar-refractivity contribution is 0.518. The second-order valence-corrected chi connectivity index (χ2v) is 4.08. The second kappa shape index (κ2) is 4.91. The van der Waals surface area contributed by atoms with E-state index in [2.05, 4.69) is 9.98 Å². The quantitative estimate of drug-likeness (QED) is 0.527. The lowest BCUT2D eigenvalue weighted by atomic mass is 10.2. The number of rotatable bonds is 2. The molecule has 0 N–H and O–H groups in total. The summed E-state index contributed by atoms with van der Waals surface area (Å²) in [4.78, 5) is 30.0. The number of aromatic nitrogens is 1. The fraction of sp³-hybridized carbons (Fsp3) is 0. The highest BCUT2D eigenvalue weighted by atomic mass is 16.4. The molecule has 3 aromatic rings. The van der Waals surface area contributed by atoms with Gasteiger partial charge in [-0.15, -0.1) is 0 Å². The molecule has 3 rings (SSSR count). The lowest BCUT2D eigenvalue weighted by Crippen LogP contribution is -2.02. The van der Waals surface area contributed by atoms with Crippen LogP contribution in [0, 0.1) is 0 Å². The molecule has 0 bridgehead atoms. The van der Waals surface area contributed by atoms with Crippen molar-refractivity contribution in [2.45, 2.75) is 0 Å². The molecule has 0 aliphatic heterocycles. The van der Waals surface area contributed by atoms with Crippen molar-refractivity contribution < 1.29 is 9.21 Å². The van der Waals surface area contributed by atoms with Crippen LogP contribution in [0.5, 0.6) is 0 Å². The van der Waals surface area contributed by atoms with Gasteiger partial charge in [0.15, 0.2) is 0 Å². The van der Waals surface area contributed by atoms with Gasteiger partial charge in [0.05, 0.1) is 16.6 Å². The van der Waals surface area contributed by atoms with E-state index in [0.29, 0.717) is 22.2 Å². The van der Waals surface area contributed by atoms with Gasteiger partial charge < -0.3 is 4.42 Å². The molecule has 0 saturated carbocycles. The maximum Gasteiger partial charge on any atom is 0.347 e. The van der Waals surface area contributed by atoms with E-state index >= 15 is 0 Å². The first-order valence-electron chi connectivity index (χ1n) is 5.86. The average Bonchev–Trinajstić information content (AvgIpc) is 2.48. The third-order valence-corrected chi connectivity index (χ3v) is 2.80. The van der Waals surface area contributed by atoms with Crippen molar-refractivity contribution in [1.29, 1.82) is 0 Å². The molecule has 0 atom stereocenters. The van der Waals surface area contributed by atoms with Crippen LogP contribution in [-0.4, -0.2) is 11.1 Å². The third kappa shape index (κ3) is 2.13. The Morgan fingerprint density at radius 1 is 1.10 bits per heavy atom. The van der Waals surface area contributed by atoms with Crippen LogP contribution in [0.4, 0.5) is 5.69 Å². The zero-order chi connectivity index (χ0) is 13.9. The summed E-state index contributed by atoms with van der Waals surface area (Å²) in [6, 6.07) is 13.6. The molecule has 1 aromatic heterocycles. The molecule has 1 heterocycles. The summed E-state index contributed by atoms with van der Waals surface area (Å²) in [6.07, 6.45) is 1.47. The molecular formula is C15H8N2O3. The van der Waals surface area contributed by atoms with E-state index in [-0.39, 0.29) is 5.89 Å². The van der Waals surface area contributed by atoms with E-state index in [0.717, 1.165) is 0 Å². The molecule has 5 nitrogen and oxygen atoms in total. The minimum Gasteiger partial charge on any atom is -0.403 e. The van der Waals surface area contributed by atoms with Gasteiger partial charge in [-0.2, -0.15) is 4.99 Å². The van der Waals surface area contributed by atoms with Crippen LogP contribution in [0.15, 0.2) is 62.7 Å². The lowest BCUT2D eigenvalue weighted by Gasteiger charge is -2.01. The van der Waals surface area contributed by atoms with Gasteiger partial charge in [-0.3, -0.25) is 0 Å². The van der Waals surface area contributed by atoms with Gasteiger partial charge in [-0.05, 0) is 30.3 Å². The van der Waals surface area contributed by atoms with Gasteiger partial charge in [0.1, 0.15) is 0 Å². The first-order chi connectivity index (χ1) is 9.78. The summed E-state index contributed by atoms with van der Waals surface area (Å²) < 4.78 is 5.20. The predicted molar refractivity (Wildman–Crippen MR) is 73.5 cm³/mol. The zero-order valence-electron chi connectivity index (χ0n) is 10.2. The number of hydrogen-bond acceptors (Lipinski definition) is 5. The molecule has 0 fully saturated rings. The largest absolute Gasteiger partial charge is 0.403 e. The van der Waals surface area contributed by atoms with E-state index in [1.165, 1.54) is 6.08 Å². The number of hydrogen-bond donors (Lipinski definition) is 0. The summed E-state index contributed by atoms with van der Waals surface area (Å²) >= 11 is 0. The van der Waals surface area contributed by atoms with Gasteiger partial charge in [-0.25, -0.2) is 14.6 Å². The summed E-state index contributed by atoms with van der Waals surface area (Å²) in [5, 5.41) is 0.429. The van der Waals surface area contributed by atoms with Crippen molar-refractivity contribution in [2.24, 2.45) is 4.99 Å². The summed E-state index contributed by atoms with van der Waals surface area (Å²) in [5.74, 6) is 0.191. The maximum absolute atomic E-state index is 11.9. The highest BCUT2D eigenvalue weighted by Gasteiger charge is 2.08. The van der Waals surface area contributed by atoms with Gasteiger partial charge in [0.25, 0.3) is 0 Å². The van der Waals surface area contributed by atoms with Crippen LogP contribution in [0.3, 0.4) is 0 Å². The van der Waals surface area contributed by atoms with E-state index in [1.54, 1.807) is 48.5 Å². The molecule has 0 amide bonds. The molecule has 0 spiro atoms. The third-order valence-electron chi connectivity index (χ3n) is 2.80. The minimum atomic E-state index is -0.449. The van der Waals surface area contributed by atoms with Gasteiger partial charge >= 0.3 is 5.63 Å². The van der Waals surface area contributed by atoms with Gasteiger partial charge in [0.2, 0.25) is 12.0 Å². The monoisotopic (exact) mass is 264 g/mol. The Hall–Kier alpha value is -3.04. The molecule has 0 aliphatic rings. The first-order valence-corrected chi connectivity index (χ1v) is 5.86. The molecule has 5 heteroatoms. The Balaban J connectivity index is 2.22. The van der Waals surface area contributed by atoms with Crippen LogP contribution in [0.1, 0.15) is 0 Å². The number of aliphatic imine (C=N–C) groups is 1. The van der Waals surface area contributed by atoms with Crippen molar-refractivity contribution in [3.8, 4) is 11.5 Å². The van der Waals surface area contributed by atoms with Gasteiger partial charge in [0, 0.05) is 5.56 Å². The van der Waals surface area contributed by atoms with E-state index in [9.17, 15) is 9.59 Å². The molecule has 0 radical (unpaired) electrons. The average molecular weight is 264 g/mol. The highest BCUT2D eigenvalue weighted by molar-refractivity contribution is 5.78. The van der Waals surface area contributed by atoms with Crippen molar-refractivity contribution in [2.75, 3.05) is 0 Å². The number of benzene rings is 2. The Morgan fingerprint density at radius 3 is 2.80 bits per heavy atom. The Kier molecular flexibility index (Phi) is 2.95. The Bertz CT molecular complexity index is 893. The molecular weight excluding hydrogens is 256 g/mol. The minimum absolute atomic E-state index is 0.191. The maximum atomic E-state index is 11.9. The molecule has 0 unspecified atom stereocenters. The van der Waals surface area contributed by atoms with Crippen LogP contribution in [-0.2, 0) is 4.79 Å². The fourth-order valence-electron chi connectivity index (χ4n) is 1.90. The number of isocyanates is 1. The summed E-state index contributed by atoms with van der Waals surface area (Å²) in [7, 11) is 0. The molecule has 0 saturated heterocycles. The van der Waals surface area contributed by atoms with Crippen molar-refractivity contribution >= 4 is 22.7 Å². The predicted octanol–water partition coefficient (Wildman–Crippen LogP) is 2.82.